The maximum atomic E-state index is 14.0. The van der Waals surface area contributed by atoms with Gasteiger partial charge in [0.05, 0.1) is 0 Å². The second kappa shape index (κ2) is 9.90. The summed E-state index contributed by atoms with van der Waals surface area (Å²) in [6.07, 6.45) is 3.37. The fourth-order valence-corrected chi connectivity index (χ4v) is 4.81. The lowest BCUT2D eigenvalue weighted by atomic mass is 9.83. The second-order valence-corrected chi connectivity index (χ2v) is 8.59. The quantitative estimate of drug-likeness (QED) is 0.517. The van der Waals surface area contributed by atoms with Crippen LogP contribution in [0, 0.1) is 17.6 Å². The van der Waals surface area contributed by atoms with Crippen molar-refractivity contribution in [3.05, 3.63) is 71.8 Å². The molecular formula is C25H27F2N3O4. The Morgan fingerprint density at radius 2 is 1.82 bits per heavy atom. The van der Waals surface area contributed by atoms with Crippen LogP contribution in [0.5, 0.6) is 5.75 Å². The molecule has 2 aromatic rings. The van der Waals surface area contributed by atoms with Gasteiger partial charge in [0.25, 0.3) is 17.5 Å². The molecule has 0 aliphatic carbocycles. The van der Waals surface area contributed by atoms with E-state index in [1.165, 1.54) is 0 Å². The van der Waals surface area contributed by atoms with E-state index >= 15 is 0 Å². The molecule has 2 aromatic carbocycles. The van der Waals surface area contributed by atoms with E-state index in [9.17, 15) is 23.6 Å². The van der Waals surface area contributed by atoms with Crippen LogP contribution in [0.25, 0.3) is 5.57 Å². The van der Waals surface area contributed by atoms with Gasteiger partial charge >= 0.3 is 0 Å². The van der Waals surface area contributed by atoms with Crippen molar-refractivity contribution in [3.8, 4) is 5.75 Å². The lowest BCUT2D eigenvalue weighted by molar-refractivity contribution is -0.190. The molecule has 0 aromatic heterocycles. The lowest BCUT2D eigenvalue weighted by Crippen LogP contribution is -2.70. The third-order valence-corrected chi connectivity index (χ3v) is 6.51. The summed E-state index contributed by atoms with van der Waals surface area (Å²) in [6.45, 7) is 1.08. The molecule has 0 radical (unpaired) electrons. The molecule has 1 saturated heterocycles. The third kappa shape index (κ3) is 4.53. The Balaban J connectivity index is 1.71. The van der Waals surface area contributed by atoms with Gasteiger partial charge in [-0.3, -0.25) is 19.7 Å². The third-order valence-electron chi connectivity index (χ3n) is 6.51. The average molecular weight is 472 g/mol. The number of benzene rings is 2. The van der Waals surface area contributed by atoms with E-state index in [0.717, 1.165) is 23.3 Å². The molecular weight excluding hydrogens is 444 g/mol. The van der Waals surface area contributed by atoms with Gasteiger partial charge in [-0.2, -0.15) is 0 Å². The highest BCUT2D eigenvalue weighted by atomic mass is 19.1. The van der Waals surface area contributed by atoms with Crippen LogP contribution in [-0.2, 0) is 9.59 Å². The molecule has 0 unspecified atom stereocenters. The Morgan fingerprint density at radius 3 is 2.44 bits per heavy atom. The number of hydrogen-bond donors (Lipinski definition) is 2. The van der Waals surface area contributed by atoms with Gasteiger partial charge in [-0.25, -0.2) is 14.3 Å². The van der Waals surface area contributed by atoms with Crippen molar-refractivity contribution in [2.75, 3.05) is 26.7 Å². The van der Waals surface area contributed by atoms with Gasteiger partial charge in [-0.15, -0.1) is 0 Å². The van der Waals surface area contributed by atoms with Crippen LogP contribution < -0.4 is 10.2 Å². The predicted molar refractivity (Wildman–Crippen MR) is 121 cm³/mol. The topological polar surface area (TPSA) is 82.1 Å². The number of piperidine rings is 1. The predicted octanol–water partition coefficient (Wildman–Crippen LogP) is 3.20. The van der Waals surface area contributed by atoms with Gasteiger partial charge in [0.1, 0.15) is 23.3 Å². The molecule has 4 rings (SSSR count). The van der Waals surface area contributed by atoms with Crippen molar-refractivity contribution in [2.24, 2.45) is 5.92 Å². The number of carbonyl (C=O) groups is 2. The van der Waals surface area contributed by atoms with Crippen molar-refractivity contribution >= 4 is 17.4 Å². The highest BCUT2D eigenvalue weighted by molar-refractivity contribution is 5.93. The molecule has 2 heterocycles. The van der Waals surface area contributed by atoms with E-state index < -0.39 is 35.1 Å². The summed E-state index contributed by atoms with van der Waals surface area (Å²) in [5, 5.41) is 9.38. The van der Waals surface area contributed by atoms with Crippen LogP contribution in [0.1, 0.15) is 24.8 Å². The SMILES string of the molecule is CN1CCC[C@H](C(=O)NO)[C@]1(Oc1cc(F)cc(F)c1)C(=O)N1CC=C(c2ccccc2)CC1. The van der Waals surface area contributed by atoms with Crippen LogP contribution in [-0.4, -0.2) is 59.2 Å². The maximum absolute atomic E-state index is 14.0. The Morgan fingerprint density at radius 1 is 1.12 bits per heavy atom. The van der Waals surface area contributed by atoms with Crippen LogP contribution in [0.2, 0.25) is 0 Å². The minimum absolute atomic E-state index is 0.215. The zero-order chi connectivity index (χ0) is 24.3. The maximum Gasteiger partial charge on any atom is 0.283 e. The summed E-state index contributed by atoms with van der Waals surface area (Å²) < 4.78 is 33.9. The number of ether oxygens (including phenoxy) is 1. The first kappa shape index (κ1) is 23.8. The Bertz CT molecular complexity index is 1070. The fourth-order valence-electron chi connectivity index (χ4n) is 4.81. The lowest BCUT2D eigenvalue weighted by Gasteiger charge is -2.49. The molecule has 2 aliphatic heterocycles. The molecule has 2 N–H and O–H groups in total. The average Bonchev–Trinajstić information content (AvgIpc) is 2.84. The van der Waals surface area contributed by atoms with Crippen molar-refractivity contribution in [1.82, 2.24) is 15.3 Å². The zero-order valence-corrected chi connectivity index (χ0v) is 18.8. The van der Waals surface area contributed by atoms with Gasteiger partial charge in [0.2, 0.25) is 0 Å². The summed E-state index contributed by atoms with van der Waals surface area (Å²) in [6, 6.07) is 12.5. The fraction of sp³-hybridized carbons (Fsp3) is 0.360. The highest BCUT2D eigenvalue weighted by Gasteiger charge is 2.58. The van der Waals surface area contributed by atoms with Crippen LogP contribution in [0.15, 0.2) is 54.6 Å². The molecule has 180 valence electrons. The number of hydrogen-bond acceptors (Lipinski definition) is 5. The Kier molecular flexibility index (Phi) is 6.95. The normalized spacial score (nSPS) is 23.2. The number of halogens is 2. The first-order chi connectivity index (χ1) is 16.3. The van der Waals surface area contributed by atoms with E-state index in [4.69, 9.17) is 4.74 Å². The monoisotopic (exact) mass is 471 g/mol. The summed E-state index contributed by atoms with van der Waals surface area (Å²) in [7, 11) is 1.62. The number of hydroxylamine groups is 1. The van der Waals surface area contributed by atoms with Crippen molar-refractivity contribution in [2.45, 2.75) is 25.0 Å². The van der Waals surface area contributed by atoms with E-state index in [-0.39, 0.29) is 18.7 Å². The summed E-state index contributed by atoms with van der Waals surface area (Å²) >= 11 is 0. The molecule has 2 amide bonds. The van der Waals surface area contributed by atoms with Crippen LogP contribution in [0.3, 0.4) is 0 Å². The van der Waals surface area contributed by atoms with E-state index in [1.807, 2.05) is 36.4 Å². The first-order valence-electron chi connectivity index (χ1n) is 11.2. The number of rotatable bonds is 5. The second-order valence-electron chi connectivity index (χ2n) is 8.59. The molecule has 7 nitrogen and oxygen atoms in total. The molecule has 9 heteroatoms. The van der Waals surface area contributed by atoms with Gasteiger partial charge in [-0.1, -0.05) is 36.4 Å². The Hall–Kier alpha value is -3.30. The van der Waals surface area contributed by atoms with Gasteiger partial charge in [0, 0.05) is 37.8 Å². The summed E-state index contributed by atoms with van der Waals surface area (Å²) in [5.74, 6) is -4.35. The number of likely N-dealkylation sites (N-methyl/N-ethyl adjacent to an activating group) is 1. The highest BCUT2D eigenvalue weighted by Crippen LogP contribution is 2.38. The molecule has 2 atom stereocenters. The number of carbonyl (C=O) groups excluding carboxylic acids is 2. The number of nitrogens with zero attached hydrogens (tertiary/aromatic N) is 2. The number of amides is 2. The molecule has 0 bridgehead atoms. The summed E-state index contributed by atoms with van der Waals surface area (Å²) in [4.78, 5) is 29.8. The molecule has 34 heavy (non-hydrogen) atoms. The van der Waals surface area contributed by atoms with Crippen molar-refractivity contribution < 1.29 is 28.3 Å². The first-order valence-corrected chi connectivity index (χ1v) is 11.2. The largest absolute Gasteiger partial charge is 0.462 e. The van der Waals surface area contributed by atoms with Gasteiger partial charge in [0.15, 0.2) is 0 Å². The number of likely N-dealkylation sites (tertiary alicyclic amines) is 1. The van der Waals surface area contributed by atoms with E-state index in [2.05, 4.69) is 0 Å². The minimum atomic E-state index is -1.89. The molecule has 0 saturated carbocycles. The van der Waals surface area contributed by atoms with Crippen LogP contribution >= 0.6 is 0 Å². The van der Waals surface area contributed by atoms with E-state index in [1.54, 1.807) is 22.3 Å². The minimum Gasteiger partial charge on any atom is -0.462 e. The van der Waals surface area contributed by atoms with Gasteiger partial charge in [-0.05, 0) is 37.4 Å². The Labute approximate surface area is 196 Å². The van der Waals surface area contributed by atoms with Crippen LogP contribution in [0.4, 0.5) is 8.78 Å². The molecule has 1 fully saturated rings. The number of nitrogens with one attached hydrogen (secondary N) is 1. The van der Waals surface area contributed by atoms with Crippen molar-refractivity contribution in [3.63, 3.8) is 0 Å². The molecule has 2 aliphatic rings. The summed E-state index contributed by atoms with van der Waals surface area (Å²) in [5.41, 5.74) is 1.92. The smallest absolute Gasteiger partial charge is 0.283 e. The van der Waals surface area contributed by atoms with Crippen molar-refractivity contribution in [1.29, 1.82) is 0 Å². The molecule has 0 spiro atoms. The standard InChI is InChI=1S/C25H27F2N3O4/c1-29-11-5-8-22(23(31)28-33)25(29,34-21-15-19(26)14-20(27)16-21)24(32)30-12-9-18(10-13-30)17-6-3-2-4-7-17/h2-4,6-7,9,14-16,22,33H,5,8,10-13H2,1H3,(H,28,31)/t22-,25+/m1/s1. The van der Waals surface area contributed by atoms with E-state index in [0.29, 0.717) is 32.0 Å². The zero-order valence-electron chi connectivity index (χ0n) is 18.8. The van der Waals surface area contributed by atoms with Gasteiger partial charge < -0.3 is 9.64 Å².